The Kier molecular flexibility index (Phi) is 6.32. The summed E-state index contributed by atoms with van der Waals surface area (Å²) >= 11 is 1.39. The predicted molar refractivity (Wildman–Crippen MR) is 125 cm³/mol. The number of fused-ring (bicyclic) bond motifs is 1. The molecule has 0 radical (unpaired) electrons. The first-order valence-electron chi connectivity index (χ1n) is 10.1. The Balaban J connectivity index is 1.65. The number of hydrogen-bond acceptors (Lipinski definition) is 8. The number of furan rings is 1. The van der Waals surface area contributed by atoms with Gasteiger partial charge >= 0.3 is 5.97 Å². The number of rotatable bonds is 7. The van der Waals surface area contributed by atoms with Gasteiger partial charge in [-0.05, 0) is 50.2 Å². The molecule has 33 heavy (non-hydrogen) atoms. The van der Waals surface area contributed by atoms with Crippen LogP contribution in [0, 0.1) is 6.92 Å². The second-order valence-corrected chi connectivity index (χ2v) is 8.17. The third kappa shape index (κ3) is 4.54. The number of anilines is 1. The summed E-state index contributed by atoms with van der Waals surface area (Å²) in [6.45, 7) is 3.25. The second kappa shape index (κ2) is 9.33. The zero-order chi connectivity index (χ0) is 23.5. The van der Waals surface area contributed by atoms with E-state index in [4.69, 9.17) is 18.6 Å². The Morgan fingerprint density at radius 1 is 1.06 bits per heavy atom. The highest BCUT2D eigenvalue weighted by molar-refractivity contribution is 7.21. The van der Waals surface area contributed by atoms with Crippen LogP contribution in [0.5, 0.6) is 11.5 Å². The van der Waals surface area contributed by atoms with E-state index in [0.29, 0.717) is 27.8 Å². The average molecular weight is 467 g/mol. The Hall–Kier alpha value is -3.85. The van der Waals surface area contributed by atoms with Crippen molar-refractivity contribution in [2.45, 2.75) is 20.0 Å². The molecule has 2 aromatic carbocycles. The number of carbonyl (C=O) groups is 2. The standard InChI is InChI=1S/C24H22N2O6S/c1-13-19(24(28)30-4)20(23-25-17-7-5-6-8-18(17)33-23)22(32-13)26-21(27)14(2)31-16-11-9-15(29-3)10-12-16/h5-12,14H,1-4H3,(H,26,27). The number of carbonyl (C=O) groups excluding carboxylic acids is 2. The van der Waals surface area contributed by atoms with Crippen LogP contribution in [-0.2, 0) is 9.53 Å². The zero-order valence-corrected chi connectivity index (χ0v) is 19.3. The van der Waals surface area contributed by atoms with Crippen LogP contribution in [0.1, 0.15) is 23.0 Å². The molecule has 8 nitrogen and oxygen atoms in total. The molecule has 9 heteroatoms. The molecule has 0 saturated carbocycles. The lowest BCUT2D eigenvalue weighted by atomic mass is 10.1. The minimum Gasteiger partial charge on any atom is -0.497 e. The van der Waals surface area contributed by atoms with Crippen LogP contribution in [0.3, 0.4) is 0 Å². The maximum Gasteiger partial charge on any atom is 0.342 e. The van der Waals surface area contributed by atoms with Crippen molar-refractivity contribution in [1.29, 1.82) is 0 Å². The highest BCUT2D eigenvalue weighted by Crippen LogP contribution is 2.40. The van der Waals surface area contributed by atoms with E-state index in [2.05, 4.69) is 10.3 Å². The summed E-state index contributed by atoms with van der Waals surface area (Å²) in [7, 11) is 2.86. The molecule has 2 heterocycles. The van der Waals surface area contributed by atoms with E-state index in [0.717, 1.165) is 10.2 Å². The number of ether oxygens (including phenoxy) is 3. The van der Waals surface area contributed by atoms with Crippen molar-refractivity contribution in [1.82, 2.24) is 4.98 Å². The van der Waals surface area contributed by atoms with E-state index in [-0.39, 0.29) is 11.4 Å². The van der Waals surface area contributed by atoms with Crippen molar-refractivity contribution >= 4 is 39.3 Å². The highest BCUT2D eigenvalue weighted by atomic mass is 32.1. The number of benzene rings is 2. The molecule has 0 spiro atoms. The first-order chi connectivity index (χ1) is 15.9. The summed E-state index contributed by atoms with van der Waals surface area (Å²) in [5.74, 6) is 0.598. The normalized spacial score (nSPS) is 11.8. The van der Waals surface area contributed by atoms with Crippen molar-refractivity contribution in [2.75, 3.05) is 19.5 Å². The molecule has 0 fully saturated rings. The molecule has 0 aliphatic rings. The Morgan fingerprint density at radius 3 is 2.42 bits per heavy atom. The largest absolute Gasteiger partial charge is 0.497 e. The topological polar surface area (TPSA) is 99.9 Å². The lowest BCUT2D eigenvalue weighted by Crippen LogP contribution is -2.30. The third-order valence-corrected chi connectivity index (χ3v) is 6.01. The number of thiazole rings is 1. The van der Waals surface area contributed by atoms with Gasteiger partial charge in [0.25, 0.3) is 5.91 Å². The molecule has 0 saturated heterocycles. The number of methoxy groups -OCH3 is 2. The van der Waals surface area contributed by atoms with Crippen LogP contribution >= 0.6 is 11.3 Å². The number of esters is 1. The van der Waals surface area contributed by atoms with Crippen molar-refractivity contribution in [2.24, 2.45) is 0 Å². The molecule has 1 atom stereocenters. The molecule has 1 amide bonds. The minimum atomic E-state index is -0.839. The van der Waals surface area contributed by atoms with Gasteiger partial charge in [0, 0.05) is 0 Å². The van der Waals surface area contributed by atoms with Crippen LogP contribution in [0.15, 0.2) is 52.9 Å². The summed E-state index contributed by atoms with van der Waals surface area (Å²) in [6, 6.07) is 14.5. The van der Waals surface area contributed by atoms with Gasteiger partial charge < -0.3 is 18.6 Å². The number of nitrogens with zero attached hydrogens (tertiary/aromatic N) is 1. The first kappa shape index (κ1) is 22.3. The van der Waals surface area contributed by atoms with Crippen molar-refractivity contribution < 1.29 is 28.2 Å². The monoisotopic (exact) mass is 466 g/mol. The van der Waals surface area contributed by atoms with Crippen LogP contribution in [0.2, 0.25) is 0 Å². The molecule has 4 rings (SSSR count). The van der Waals surface area contributed by atoms with E-state index >= 15 is 0 Å². The summed E-state index contributed by atoms with van der Waals surface area (Å²) in [5, 5.41) is 3.27. The molecule has 0 aliphatic heterocycles. The fraction of sp³-hybridized carbons (Fsp3) is 0.208. The molecule has 0 bridgehead atoms. The Labute approximate surface area is 194 Å². The number of amides is 1. The van der Waals surface area contributed by atoms with E-state index in [1.54, 1.807) is 45.2 Å². The van der Waals surface area contributed by atoms with Gasteiger partial charge in [0.15, 0.2) is 6.10 Å². The lowest BCUT2D eigenvalue weighted by Gasteiger charge is -2.14. The van der Waals surface area contributed by atoms with Gasteiger partial charge in [-0.2, -0.15) is 0 Å². The number of aromatic nitrogens is 1. The van der Waals surface area contributed by atoms with Gasteiger partial charge in [0.05, 0.1) is 30.0 Å². The predicted octanol–water partition coefficient (Wildman–Crippen LogP) is 5.07. The maximum absolute atomic E-state index is 12.9. The smallest absolute Gasteiger partial charge is 0.342 e. The molecular formula is C24H22N2O6S. The second-order valence-electron chi connectivity index (χ2n) is 7.14. The van der Waals surface area contributed by atoms with E-state index in [1.807, 2.05) is 24.3 Å². The van der Waals surface area contributed by atoms with Gasteiger partial charge in [-0.25, -0.2) is 9.78 Å². The van der Waals surface area contributed by atoms with Gasteiger partial charge in [-0.3, -0.25) is 10.1 Å². The SMILES string of the molecule is COC(=O)c1c(C)oc(NC(=O)C(C)Oc2ccc(OC)cc2)c1-c1nc2ccccc2s1. The zero-order valence-electron chi connectivity index (χ0n) is 18.5. The minimum absolute atomic E-state index is 0.113. The molecule has 170 valence electrons. The van der Waals surface area contributed by atoms with Crippen molar-refractivity contribution in [3.05, 3.63) is 59.9 Å². The number of aryl methyl sites for hydroxylation is 1. The van der Waals surface area contributed by atoms with Crippen LogP contribution in [-0.4, -0.2) is 37.2 Å². The first-order valence-corrected chi connectivity index (χ1v) is 10.9. The molecule has 2 aromatic heterocycles. The molecule has 1 N–H and O–H groups in total. The summed E-state index contributed by atoms with van der Waals surface area (Å²) in [5.41, 5.74) is 1.38. The van der Waals surface area contributed by atoms with Gasteiger partial charge in [0.1, 0.15) is 27.8 Å². The van der Waals surface area contributed by atoms with E-state index in [1.165, 1.54) is 18.4 Å². The maximum atomic E-state index is 12.9. The highest BCUT2D eigenvalue weighted by Gasteiger charge is 2.29. The fourth-order valence-corrected chi connectivity index (χ4v) is 4.30. The van der Waals surface area contributed by atoms with Gasteiger partial charge in [-0.15, -0.1) is 11.3 Å². The summed E-state index contributed by atoms with van der Waals surface area (Å²) in [6.07, 6.45) is -0.839. The van der Waals surface area contributed by atoms with Crippen molar-refractivity contribution in [3.63, 3.8) is 0 Å². The van der Waals surface area contributed by atoms with Crippen LogP contribution in [0.25, 0.3) is 20.8 Å². The Morgan fingerprint density at radius 2 is 1.76 bits per heavy atom. The quantitative estimate of drug-likeness (QED) is 0.380. The molecule has 1 unspecified atom stereocenters. The number of para-hydroxylation sites is 1. The van der Waals surface area contributed by atoms with E-state index < -0.39 is 18.0 Å². The average Bonchev–Trinajstić information content (AvgIpc) is 3.39. The van der Waals surface area contributed by atoms with Crippen LogP contribution < -0.4 is 14.8 Å². The van der Waals surface area contributed by atoms with Gasteiger partial charge in [-0.1, -0.05) is 12.1 Å². The van der Waals surface area contributed by atoms with E-state index in [9.17, 15) is 9.59 Å². The molecule has 4 aromatic rings. The molecular weight excluding hydrogens is 444 g/mol. The summed E-state index contributed by atoms with van der Waals surface area (Å²) < 4.78 is 22.5. The Bertz CT molecular complexity index is 1280. The number of nitrogens with one attached hydrogen (secondary N) is 1. The fourth-order valence-electron chi connectivity index (χ4n) is 3.29. The number of hydrogen-bond donors (Lipinski definition) is 1. The van der Waals surface area contributed by atoms with Crippen molar-refractivity contribution in [3.8, 4) is 22.1 Å². The van der Waals surface area contributed by atoms with Crippen LogP contribution in [0.4, 0.5) is 5.88 Å². The van der Waals surface area contributed by atoms with Gasteiger partial charge in [0.2, 0.25) is 5.88 Å². The lowest BCUT2D eigenvalue weighted by molar-refractivity contribution is -0.122. The molecule has 0 aliphatic carbocycles. The third-order valence-electron chi connectivity index (χ3n) is 4.96. The summed E-state index contributed by atoms with van der Waals surface area (Å²) in [4.78, 5) is 30.0.